The summed E-state index contributed by atoms with van der Waals surface area (Å²) < 4.78 is 0. The highest BCUT2D eigenvalue weighted by Crippen LogP contribution is 2.06. The summed E-state index contributed by atoms with van der Waals surface area (Å²) in [4.78, 5) is 0. The number of hydrogen-bond acceptors (Lipinski definition) is 1. The Hall–Kier alpha value is -0.460. The fourth-order valence-corrected chi connectivity index (χ4v) is 1.06. The van der Waals surface area contributed by atoms with E-state index in [1.807, 2.05) is 6.08 Å². The molecule has 11 heavy (non-hydrogen) atoms. The first-order valence-corrected chi connectivity index (χ1v) is 4.56. The molecule has 0 unspecified atom stereocenters. The van der Waals surface area contributed by atoms with E-state index in [2.05, 4.69) is 13.3 Å². The highest BCUT2D eigenvalue weighted by atomic mass is 14.5. The van der Waals surface area contributed by atoms with Crippen LogP contribution in [0.15, 0.2) is 12.3 Å². The Balaban J connectivity index is 2.79. The minimum atomic E-state index is 1.15. The maximum Gasteiger partial charge on any atom is -0.0103 e. The van der Waals surface area contributed by atoms with Crippen LogP contribution in [0.1, 0.15) is 45.4 Å². The average molecular weight is 154 g/mol. The molecule has 0 spiro atoms. The van der Waals surface area contributed by atoms with Gasteiger partial charge in [0.1, 0.15) is 0 Å². The summed E-state index contributed by atoms with van der Waals surface area (Å²) in [5.74, 6) is 0. The molecule has 2 N–H and O–H groups in total. The summed E-state index contributed by atoms with van der Waals surface area (Å²) in [6, 6.07) is 0. The zero-order chi connectivity index (χ0) is 8.36. The van der Waals surface area contributed by atoms with E-state index in [1.54, 1.807) is 6.20 Å². The fraction of sp³-hybridized carbons (Fsp3) is 0.700. The molecule has 0 atom stereocenters. The highest BCUT2D eigenvalue weighted by Gasteiger charge is 1.87. The largest absolute Gasteiger partial charge is 0.405 e. The Morgan fingerprint density at radius 3 is 2.18 bits per heavy atom. The van der Waals surface area contributed by atoms with Gasteiger partial charge in [0.2, 0.25) is 0 Å². The third-order valence-electron chi connectivity index (χ3n) is 1.75. The minimum absolute atomic E-state index is 1.15. The summed E-state index contributed by atoms with van der Waals surface area (Å²) >= 11 is 0. The van der Waals surface area contributed by atoms with E-state index in [4.69, 9.17) is 5.73 Å². The average Bonchev–Trinajstić information content (AvgIpc) is 2.03. The molecular formula is C10H20N. The Bertz CT molecular complexity index is 86.9. The van der Waals surface area contributed by atoms with Crippen LogP contribution in [0.2, 0.25) is 0 Å². The molecule has 0 amide bonds. The Morgan fingerprint density at radius 2 is 1.64 bits per heavy atom. The lowest BCUT2D eigenvalue weighted by Crippen LogP contribution is -1.79. The van der Waals surface area contributed by atoms with Gasteiger partial charge in [-0.3, -0.25) is 0 Å². The zero-order valence-corrected chi connectivity index (χ0v) is 7.55. The van der Waals surface area contributed by atoms with E-state index in [-0.39, 0.29) is 0 Å². The van der Waals surface area contributed by atoms with E-state index in [1.165, 1.54) is 32.1 Å². The van der Waals surface area contributed by atoms with E-state index in [0.29, 0.717) is 0 Å². The van der Waals surface area contributed by atoms with Gasteiger partial charge in [0.15, 0.2) is 0 Å². The molecule has 0 saturated heterocycles. The van der Waals surface area contributed by atoms with Crippen LogP contribution in [0.5, 0.6) is 0 Å². The van der Waals surface area contributed by atoms with Gasteiger partial charge in [-0.05, 0) is 25.5 Å². The summed E-state index contributed by atoms with van der Waals surface area (Å²) in [6.07, 6.45) is 13.7. The summed E-state index contributed by atoms with van der Waals surface area (Å²) in [7, 11) is 0. The van der Waals surface area contributed by atoms with Gasteiger partial charge in [-0.1, -0.05) is 38.7 Å². The lowest BCUT2D eigenvalue weighted by molar-refractivity contribution is 0.642. The Kier molecular flexibility index (Phi) is 9.14. The van der Waals surface area contributed by atoms with E-state index < -0.39 is 0 Å². The molecule has 0 saturated carbocycles. The lowest BCUT2D eigenvalue weighted by Gasteiger charge is -1.96. The van der Waals surface area contributed by atoms with E-state index in [9.17, 15) is 0 Å². The molecule has 0 aliphatic heterocycles. The molecule has 1 nitrogen and oxygen atoms in total. The number of nitrogens with two attached hydrogens (primary N) is 1. The topological polar surface area (TPSA) is 26.0 Å². The van der Waals surface area contributed by atoms with Crippen LogP contribution in [-0.2, 0) is 0 Å². The van der Waals surface area contributed by atoms with Crippen LogP contribution >= 0.6 is 0 Å². The third-order valence-corrected chi connectivity index (χ3v) is 1.75. The van der Waals surface area contributed by atoms with Gasteiger partial charge >= 0.3 is 0 Å². The van der Waals surface area contributed by atoms with Gasteiger partial charge in [0.05, 0.1) is 0 Å². The minimum Gasteiger partial charge on any atom is -0.405 e. The second-order valence-electron chi connectivity index (χ2n) is 2.83. The second-order valence-corrected chi connectivity index (χ2v) is 2.83. The monoisotopic (exact) mass is 154 g/mol. The number of unbranched alkanes of at least 4 members (excludes halogenated alkanes) is 6. The van der Waals surface area contributed by atoms with Crippen molar-refractivity contribution in [2.24, 2.45) is 5.73 Å². The second kappa shape index (κ2) is 9.54. The van der Waals surface area contributed by atoms with Crippen molar-refractivity contribution in [3.8, 4) is 0 Å². The number of hydrogen-bond donors (Lipinski definition) is 1. The van der Waals surface area contributed by atoms with Gasteiger partial charge in [-0.15, -0.1) is 0 Å². The maximum absolute atomic E-state index is 5.21. The van der Waals surface area contributed by atoms with Gasteiger partial charge < -0.3 is 5.73 Å². The van der Waals surface area contributed by atoms with Crippen molar-refractivity contribution in [1.82, 2.24) is 0 Å². The van der Waals surface area contributed by atoms with Crippen LogP contribution in [0.3, 0.4) is 0 Å². The van der Waals surface area contributed by atoms with Crippen LogP contribution in [0.25, 0.3) is 0 Å². The maximum atomic E-state index is 5.21. The smallest absolute Gasteiger partial charge is 0.0103 e. The predicted octanol–water partition coefficient (Wildman–Crippen LogP) is 3.02. The van der Waals surface area contributed by atoms with Crippen molar-refractivity contribution in [3.63, 3.8) is 0 Å². The lowest BCUT2D eigenvalue weighted by atomic mass is 10.1. The van der Waals surface area contributed by atoms with Crippen molar-refractivity contribution in [1.29, 1.82) is 0 Å². The molecule has 1 radical (unpaired) electrons. The Morgan fingerprint density at radius 1 is 1.00 bits per heavy atom. The van der Waals surface area contributed by atoms with Crippen molar-refractivity contribution >= 4 is 0 Å². The molecule has 0 heterocycles. The fourth-order valence-electron chi connectivity index (χ4n) is 1.06. The molecule has 0 aromatic heterocycles. The highest BCUT2D eigenvalue weighted by molar-refractivity contribution is 4.74. The Labute approximate surface area is 70.7 Å². The van der Waals surface area contributed by atoms with Crippen molar-refractivity contribution in [2.45, 2.75) is 45.4 Å². The first-order valence-electron chi connectivity index (χ1n) is 4.56. The van der Waals surface area contributed by atoms with Crippen molar-refractivity contribution in [3.05, 3.63) is 18.7 Å². The van der Waals surface area contributed by atoms with E-state index >= 15 is 0 Å². The first-order chi connectivity index (χ1) is 5.41. The molecule has 0 rings (SSSR count). The molecule has 0 aromatic carbocycles. The van der Waals surface area contributed by atoms with Crippen molar-refractivity contribution in [2.75, 3.05) is 0 Å². The van der Waals surface area contributed by atoms with Crippen LogP contribution in [0.4, 0.5) is 0 Å². The van der Waals surface area contributed by atoms with Crippen LogP contribution < -0.4 is 5.73 Å². The van der Waals surface area contributed by atoms with Gasteiger partial charge in [0.25, 0.3) is 0 Å². The summed E-state index contributed by atoms with van der Waals surface area (Å²) in [5.41, 5.74) is 5.21. The summed E-state index contributed by atoms with van der Waals surface area (Å²) in [5, 5.41) is 0. The van der Waals surface area contributed by atoms with Crippen molar-refractivity contribution < 1.29 is 0 Å². The molecule has 65 valence electrons. The van der Waals surface area contributed by atoms with E-state index in [0.717, 1.165) is 6.42 Å². The quantitative estimate of drug-likeness (QED) is 0.560. The third kappa shape index (κ3) is 9.54. The van der Waals surface area contributed by atoms with Crippen LogP contribution in [0, 0.1) is 6.42 Å². The summed E-state index contributed by atoms with van der Waals surface area (Å²) in [6.45, 7) is 2.12. The normalized spacial score (nSPS) is 11.0. The van der Waals surface area contributed by atoms with Crippen LogP contribution in [-0.4, -0.2) is 0 Å². The molecule has 0 aromatic rings. The molecule has 1 heteroatoms. The standard InChI is InChI=1S/C10H20N/c1-2-3-4-5-6-7-8-9-10-11/h2,9-10H,3-8,11H2,1H3. The molecule has 0 aliphatic rings. The molecule has 0 aliphatic carbocycles. The predicted molar refractivity (Wildman–Crippen MR) is 51.0 cm³/mol. The molecular weight excluding hydrogens is 134 g/mol. The van der Waals surface area contributed by atoms with Gasteiger partial charge in [-0.25, -0.2) is 0 Å². The zero-order valence-electron chi connectivity index (χ0n) is 7.55. The van der Waals surface area contributed by atoms with Gasteiger partial charge in [0, 0.05) is 0 Å². The molecule has 0 bridgehead atoms. The molecule has 0 fully saturated rings. The first kappa shape index (κ1) is 10.5. The number of allylic oxidation sites excluding steroid dienone is 1. The SMILES string of the molecule is C[CH]CCCCCCC=CN. The number of rotatable bonds is 7. The van der Waals surface area contributed by atoms with Gasteiger partial charge in [-0.2, -0.15) is 0 Å².